The van der Waals surface area contributed by atoms with Gasteiger partial charge in [0.2, 0.25) is 5.95 Å². The highest BCUT2D eigenvalue weighted by atomic mass is 35.5. The molecule has 1 aliphatic heterocycles. The maximum absolute atomic E-state index is 13.7. The number of halogens is 1. The minimum Gasteiger partial charge on any atom is -0.495 e. The Morgan fingerprint density at radius 2 is 1.89 bits per heavy atom. The smallest absolute Gasteiger partial charge is 0.255 e. The highest BCUT2D eigenvalue weighted by Gasteiger charge is 2.34. The van der Waals surface area contributed by atoms with Crippen LogP contribution in [0.15, 0.2) is 54.0 Å². The fourth-order valence-electron chi connectivity index (χ4n) is 4.13. The van der Waals surface area contributed by atoms with Crippen molar-refractivity contribution in [2.45, 2.75) is 39.2 Å². The van der Waals surface area contributed by atoms with Crippen molar-refractivity contribution >= 4 is 29.1 Å². The number of amides is 1. The Bertz CT molecular complexity index is 1260. The summed E-state index contributed by atoms with van der Waals surface area (Å²) in [6.45, 7) is 4.67. The normalized spacial score (nSPS) is 14.6. The monoisotopic (exact) mass is 511 g/mol. The number of aromatic nitrogens is 3. The molecule has 1 atom stereocenters. The number of hydrogen-bond acceptors (Lipinski definition) is 7. The lowest BCUT2D eigenvalue weighted by Crippen LogP contribution is -2.31. The quantitative estimate of drug-likeness (QED) is 0.349. The minimum absolute atomic E-state index is 0.325. The molecule has 0 saturated heterocycles. The Labute approximate surface area is 215 Å². The number of nitrogens with zero attached hydrogens (tertiary/aromatic N) is 3. The van der Waals surface area contributed by atoms with Crippen LogP contribution in [0.3, 0.4) is 0 Å². The van der Waals surface area contributed by atoms with E-state index in [0.717, 1.165) is 30.6 Å². The van der Waals surface area contributed by atoms with E-state index in [1.165, 1.54) is 20.5 Å². The largest absolute Gasteiger partial charge is 0.495 e. The highest BCUT2D eigenvalue weighted by molar-refractivity contribution is 6.32. The van der Waals surface area contributed by atoms with E-state index in [9.17, 15) is 4.79 Å². The Balaban J connectivity index is 1.65. The number of unbranched alkanes of at least 4 members (excludes halogenated alkanes) is 2. The molecule has 2 aromatic carbocycles. The van der Waals surface area contributed by atoms with E-state index in [2.05, 4.69) is 27.6 Å². The fraction of sp³-hybridized carbons (Fsp3) is 0.346. The van der Waals surface area contributed by atoms with Crippen LogP contribution in [-0.2, 0) is 4.79 Å². The van der Waals surface area contributed by atoms with Crippen molar-refractivity contribution in [2.24, 2.45) is 0 Å². The summed E-state index contributed by atoms with van der Waals surface area (Å²) in [4.78, 5) is 18.0. The van der Waals surface area contributed by atoms with Crippen LogP contribution in [0.4, 0.5) is 11.6 Å². The summed E-state index contributed by atoms with van der Waals surface area (Å²) in [5.41, 5.74) is 2.45. The molecule has 3 aromatic rings. The van der Waals surface area contributed by atoms with Gasteiger partial charge >= 0.3 is 0 Å². The standard InChI is InChI=1S/C26H30ClN5O4/c1-5-6-7-12-36-18-10-8-17(9-11-18)24-23(16(2)30-26-28-15-29-32(24)26)25(33)31-20-14-21(34-3)19(27)13-22(20)35-4/h8-11,13-15,24H,5-7,12H2,1-4H3,(H,31,33)(H,28,29,30). The third kappa shape index (κ3) is 5.26. The zero-order chi connectivity index (χ0) is 25.7. The van der Waals surface area contributed by atoms with E-state index in [0.29, 0.717) is 46.0 Å². The van der Waals surface area contributed by atoms with Crippen LogP contribution in [0.5, 0.6) is 17.2 Å². The summed E-state index contributed by atoms with van der Waals surface area (Å²) >= 11 is 6.23. The molecular weight excluding hydrogens is 482 g/mol. The van der Waals surface area contributed by atoms with Gasteiger partial charge in [0.25, 0.3) is 5.91 Å². The first-order valence-corrected chi connectivity index (χ1v) is 12.2. The second kappa shape index (κ2) is 11.3. The van der Waals surface area contributed by atoms with Gasteiger partial charge in [-0.15, -0.1) is 0 Å². The molecular formula is C26H30ClN5O4. The number of fused-ring (bicyclic) bond motifs is 1. The number of rotatable bonds is 10. The van der Waals surface area contributed by atoms with Crippen molar-refractivity contribution in [1.82, 2.24) is 14.8 Å². The third-order valence-electron chi connectivity index (χ3n) is 5.97. The lowest BCUT2D eigenvalue weighted by Gasteiger charge is -2.29. The number of nitrogens with one attached hydrogen (secondary N) is 2. The van der Waals surface area contributed by atoms with Crippen molar-refractivity contribution < 1.29 is 19.0 Å². The van der Waals surface area contributed by atoms with Crippen LogP contribution in [0, 0.1) is 0 Å². The van der Waals surface area contributed by atoms with Gasteiger partial charge in [0.05, 0.1) is 37.1 Å². The predicted molar refractivity (Wildman–Crippen MR) is 139 cm³/mol. The molecule has 9 nitrogen and oxygen atoms in total. The van der Waals surface area contributed by atoms with Gasteiger partial charge in [0.15, 0.2) is 0 Å². The van der Waals surface area contributed by atoms with Gasteiger partial charge in [-0.2, -0.15) is 10.1 Å². The molecule has 1 unspecified atom stereocenters. The van der Waals surface area contributed by atoms with Gasteiger partial charge in [-0.05, 0) is 31.0 Å². The van der Waals surface area contributed by atoms with Crippen molar-refractivity contribution in [3.8, 4) is 17.2 Å². The Morgan fingerprint density at radius 1 is 1.14 bits per heavy atom. The summed E-state index contributed by atoms with van der Waals surface area (Å²) < 4.78 is 18.3. The SMILES string of the molecule is CCCCCOc1ccc(C2C(C(=O)Nc3cc(OC)c(Cl)cc3OC)=C(C)Nc3ncnn32)cc1. The van der Waals surface area contributed by atoms with Crippen molar-refractivity contribution in [1.29, 1.82) is 0 Å². The van der Waals surface area contributed by atoms with Crippen LogP contribution >= 0.6 is 11.6 Å². The average Bonchev–Trinajstić information content (AvgIpc) is 3.35. The number of methoxy groups -OCH3 is 2. The number of carbonyl (C=O) groups excluding carboxylic acids is 1. The van der Waals surface area contributed by atoms with E-state index < -0.39 is 6.04 Å². The molecule has 190 valence electrons. The number of ether oxygens (including phenoxy) is 3. The first-order chi connectivity index (χ1) is 17.5. The van der Waals surface area contributed by atoms with E-state index in [1.54, 1.807) is 16.8 Å². The van der Waals surface area contributed by atoms with E-state index in [1.807, 2.05) is 31.2 Å². The first kappa shape index (κ1) is 25.4. The van der Waals surface area contributed by atoms with Gasteiger partial charge in [-0.3, -0.25) is 4.79 Å². The highest BCUT2D eigenvalue weighted by Crippen LogP contribution is 2.39. The molecule has 36 heavy (non-hydrogen) atoms. The van der Waals surface area contributed by atoms with Crippen molar-refractivity contribution in [3.05, 3.63) is 64.6 Å². The molecule has 4 rings (SSSR count). The second-order valence-electron chi connectivity index (χ2n) is 8.36. The van der Waals surface area contributed by atoms with E-state index in [-0.39, 0.29) is 5.91 Å². The van der Waals surface area contributed by atoms with Crippen LogP contribution in [0.1, 0.15) is 44.7 Å². The van der Waals surface area contributed by atoms with Gasteiger partial charge in [0, 0.05) is 17.8 Å². The van der Waals surface area contributed by atoms with Gasteiger partial charge in [-0.25, -0.2) is 4.68 Å². The maximum atomic E-state index is 13.7. The summed E-state index contributed by atoms with van der Waals surface area (Å²) in [6.07, 6.45) is 4.75. The van der Waals surface area contributed by atoms with Gasteiger partial charge in [-0.1, -0.05) is 43.5 Å². The molecule has 1 aromatic heterocycles. The molecule has 1 aliphatic rings. The first-order valence-electron chi connectivity index (χ1n) is 11.8. The van der Waals surface area contributed by atoms with Crippen molar-refractivity contribution in [2.75, 3.05) is 31.5 Å². The lowest BCUT2D eigenvalue weighted by molar-refractivity contribution is -0.113. The lowest BCUT2D eigenvalue weighted by atomic mass is 9.95. The van der Waals surface area contributed by atoms with E-state index in [4.69, 9.17) is 25.8 Å². The molecule has 0 aliphatic carbocycles. The van der Waals surface area contributed by atoms with Crippen LogP contribution in [0.25, 0.3) is 0 Å². The fourth-order valence-corrected chi connectivity index (χ4v) is 4.36. The van der Waals surface area contributed by atoms with E-state index >= 15 is 0 Å². The molecule has 2 N–H and O–H groups in total. The average molecular weight is 512 g/mol. The minimum atomic E-state index is -0.502. The number of benzene rings is 2. The van der Waals surface area contributed by atoms with Gasteiger partial charge in [0.1, 0.15) is 29.6 Å². The molecule has 1 amide bonds. The summed E-state index contributed by atoms with van der Waals surface area (Å²) in [6, 6.07) is 10.5. The van der Waals surface area contributed by atoms with Crippen LogP contribution < -0.4 is 24.8 Å². The Hall–Kier alpha value is -3.72. The second-order valence-corrected chi connectivity index (χ2v) is 8.77. The molecule has 0 fully saturated rings. The van der Waals surface area contributed by atoms with Crippen LogP contribution in [-0.4, -0.2) is 41.5 Å². The van der Waals surface area contributed by atoms with Gasteiger partial charge < -0.3 is 24.8 Å². The predicted octanol–water partition coefficient (Wildman–Crippen LogP) is 5.45. The third-order valence-corrected chi connectivity index (χ3v) is 6.27. The molecule has 0 bridgehead atoms. The maximum Gasteiger partial charge on any atom is 0.255 e. The molecule has 0 radical (unpaired) electrons. The summed E-state index contributed by atoms with van der Waals surface area (Å²) in [5.74, 6) is 1.85. The number of anilines is 2. The number of hydrogen-bond donors (Lipinski definition) is 2. The molecule has 2 heterocycles. The summed E-state index contributed by atoms with van der Waals surface area (Å²) in [7, 11) is 3.02. The Kier molecular flexibility index (Phi) is 8.00. The molecule has 0 spiro atoms. The zero-order valence-corrected chi connectivity index (χ0v) is 21.6. The van der Waals surface area contributed by atoms with Crippen molar-refractivity contribution in [3.63, 3.8) is 0 Å². The topological polar surface area (TPSA) is 99.5 Å². The summed E-state index contributed by atoms with van der Waals surface area (Å²) in [5, 5.41) is 10.9. The zero-order valence-electron chi connectivity index (χ0n) is 20.8. The number of carbonyl (C=O) groups is 1. The molecule has 0 saturated carbocycles. The number of allylic oxidation sites excluding steroid dienone is 1. The van der Waals surface area contributed by atoms with Crippen LogP contribution in [0.2, 0.25) is 5.02 Å². The molecule has 10 heteroatoms. The Morgan fingerprint density at radius 3 is 2.58 bits per heavy atom.